The molecule has 1 fully saturated rings. The summed E-state index contributed by atoms with van der Waals surface area (Å²) < 4.78 is 5.89. The number of benzene rings is 1. The Morgan fingerprint density at radius 1 is 1.18 bits per heavy atom. The van der Waals surface area contributed by atoms with Gasteiger partial charge >= 0.3 is 0 Å². The molecular formula is C19H17ClN6OS. The van der Waals surface area contributed by atoms with Gasteiger partial charge in [-0.25, -0.2) is 15.0 Å². The number of anilines is 2. The molecule has 7 nitrogen and oxygen atoms in total. The van der Waals surface area contributed by atoms with Crippen LogP contribution in [0.2, 0.25) is 5.15 Å². The van der Waals surface area contributed by atoms with Crippen molar-refractivity contribution in [1.82, 2.24) is 15.0 Å². The fraction of sp³-hybridized carbons (Fsp3) is 0.263. The van der Waals surface area contributed by atoms with Crippen molar-refractivity contribution in [1.29, 1.82) is 0 Å². The Bertz CT molecular complexity index is 1160. The molecule has 3 aromatic heterocycles. The van der Waals surface area contributed by atoms with Crippen LogP contribution in [0.3, 0.4) is 0 Å². The highest BCUT2D eigenvalue weighted by atomic mass is 35.5. The van der Waals surface area contributed by atoms with Gasteiger partial charge in [-0.15, -0.1) is 0 Å². The molecule has 0 atom stereocenters. The summed E-state index contributed by atoms with van der Waals surface area (Å²) in [5.41, 5.74) is 5.04. The van der Waals surface area contributed by atoms with Crippen molar-refractivity contribution in [2.45, 2.75) is 19.3 Å². The maximum atomic E-state index is 6.30. The van der Waals surface area contributed by atoms with Gasteiger partial charge in [0.2, 0.25) is 0 Å². The molecule has 0 amide bonds. The lowest BCUT2D eigenvalue weighted by molar-refractivity contribution is 0.577. The average molecular weight is 413 g/mol. The van der Waals surface area contributed by atoms with Gasteiger partial charge < -0.3 is 9.32 Å². The number of nitrogens with zero attached hydrogens (tertiary/aromatic N) is 5. The van der Waals surface area contributed by atoms with Gasteiger partial charge in [0.25, 0.3) is 0 Å². The largest absolute Gasteiger partial charge is 0.450 e. The summed E-state index contributed by atoms with van der Waals surface area (Å²) in [4.78, 5) is 16.2. The molecule has 4 heterocycles. The number of furan rings is 1. The number of rotatable bonds is 4. The SMILES string of the molecule is Clc1nc(N2CCCCC2)sc1/C=N\Nc1ncnc2c1oc1ccccc12. The first-order valence-electron chi connectivity index (χ1n) is 9.12. The lowest BCUT2D eigenvalue weighted by Crippen LogP contribution is -2.29. The Hall–Kier alpha value is -2.71. The summed E-state index contributed by atoms with van der Waals surface area (Å²) in [6, 6.07) is 7.76. The normalized spacial score (nSPS) is 15.1. The Morgan fingerprint density at radius 2 is 2.04 bits per heavy atom. The molecule has 4 aromatic rings. The molecule has 0 bridgehead atoms. The Kier molecular flexibility index (Phi) is 4.58. The van der Waals surface area contributed by atoms with Crippen molar-refractivity contribution in [2.75, 3.05) is 23.4 Å². The molecule has 0 unspecified atom stereocenters. The third-order valence-electron chi connectivity index (χ3n) is 4.74. The number of thiazole rings is 1. The second-order valence-corrected chi connectivity index (χ2v) is 7.93. The second kappa shape index (κ2) is 7.37. The van der Waals surface area contributed by atoms with Gasteiger partial charge in [-0.2, -0.15) is 5.10 Å². The second-order valence-electron chi connectivity index (χ2n) is 6.57. The van der Waals surface area contributed by atoms with Gasteiger partial charge in [-0.05, 0) is 31.4 Å². The van der Waals surface area contributed by atoms with E-state index in [4.69, 9.17) is 16.0 Å². The summed E-state index contributed by atoms with van der Waals surface area (Å²) in [7, 11) is 0. The molecule has 0 saturated carbocycles. The number of fused-ring (bicyclic) bond motifs is 3. The first-order valence-corrected chi connectivity index (χ1v) is 10.3. The first kappa shape index (κ1) is 17.4. The molecule has 1 aliphatic heterocycles. The lowest BCUT2D eigenvalue weighted by Gasteiger charge is -2.25. The summed E-state index contributed by atoms with van der Waals surface area (Å²) >= 11 is 7.85. The van der Waals surface area contributed by atoms with Crippen LogP contribution in [0.1, 0.15) is 24.1 Å². The van der Waals surface area contributed by atoms with Gasteiger partial charge in [0.15, 0.2) is 21.7 Å². The van der Waals surface area contributed by atoms with E-state index in [1.165, 1.54) is 25.6 Å². The minimum absolute atomic E-state index is 0.465. The smallest absolute Gasteiger partial charge is 0.197 e. The number of aromatic nitrogens is 3. The van der Waals surface area contributed by atoms with Crippen LogP contribution in [0.4, 0.5) is 10.9 Å². The predicted octanol–water partition coefficient (Wildman–Crippen LogP) is 4.92. The van der Waals surface area contributed by atoms with Gasteiger partial charge in [-0.1, -0.05) is 35.1 Å². The maximum Gasteiger partial charge on any atom is 0.197 e. The van der Waals surface area contributed by atoms with Crippen LogP contribution < -0.4 is 10.3 Å². The van der Waals surface area contributed by atoms with E-state index in [0.29, 0.717) is 16.6 Å². The third-order valence-corrected chi connectivity index (χ3v) is 6.19. The molecule has 0 radical (unpaired) electrons. The van der Waals surface area contributed by atoms with Crippen LogP contribution in [0.5, 0.6) is 0 Å². The predicted molar refractivity (Wildman–Crippen MR) is 114 cm³/mol. The number of piperidine rings is 1. The Morgan fingerprint density at radius 3 is 2.93 bits per heavy atom. The van der Waals surface area contributed by atoms with Crippen molar-refractivity contribution in [3.8, 4) is 0 Å². The van der Waals surface area contributed by atoms with Crippen LogP contribution in [0.25, 0.3) is 22.1 Å². The zero-order valence-corrected chi connectivity index (χ0v) is 16.5. The van der Waals surface area contributed by atoms with Gasteiger partial charge in [-0.3, -0.25) is 5.43 Å². The van der Waals surface area contributed by atoms with Gasteiger partial charge in [0, 0.05) is 18.5 Å². The summed E-state index contributed by atoms with van der Waals surface area (Å²) in [6.07, 6.45) is 6.84. The van der Waals surface area contributed by atoms with E-state index in [9.17, 15) is 0 Å². The highest BCUT2D eigenvalue weighted by molar-refractivity contribution is 7.17. The number of hydrogen-bond donors (Lipinski definition) is 1. The quantitative estimate of drug-likeness (QED) is 0.378. The molecule has 1 aliphatic rings. The molecule has 1 N–H and O–H groups in total. The van der Waals surface area contributed by atoms with E-state index in [2.05, 4.69) is 30.4 Å². The molecule has 0 aliphatic carbocycles. The molecule has 28 heavy (non-hydrogen) atoms. The van der Waals surface area contributed by atoms with Crippen LogP contribution >= 0.6 is 22.9 Å². The third kappa shape index (κ3) is 3.18. The fourth-order valence-electron chi connectivity index (χ4n) is 3.36. The van der Waals surface area contributed by atoms with Crippen molar-refractivity contribution < 1.29 is 4.42 Å². The summed E-state index contributed by atoms with van der Waals surface area (Å²) in [6.45, 7) is 2.06. The molecule has 0 spiro atoms. The van der Waals surface area contributed by atoms with Crippen molar-refractivity contribution in [3.63, 3.8) is 0 Å². The minimum atomic E-state index is 0.465. The van der Waals surface area contributed by atoms with Crippen LogP contribution in [-0.4, -0.2) is 34.3 Å². The topological polar surface area (TPSA) is 79.4 Å². The molecular weight excluding hydrogens is 396 g/mol. The van der Waals surface area contributed by atoms with Crippen LogP contribution in [0.15, 0.2) is 40.1 Å². The highest BCUT2D eigenvalue weighted by Crippen LogP contribution is 2.31. The van der Waals surface area contributed by atoms with Crippen molar-refractivity contribution in [3.05, 3.63) is 40.6 Å². The number of halogens is 1. The summed E-state index contributed by atoms with van der Waals surface area (Å²) in [5.74, 6) is 0.509. The van der Waals surface area contributed by atoms with Crippen molar-refractivity contribution >= 4 is 62.2 Å². The van der Waals surface area contributed by atoms with E-state index >= 15 is 0 Å². The first-order chi connectivity index (χ1) is 13.8. The van der Waals surface area contributed by atoms with E-state index in [1.807, 2.05) is 24.3 Å². The zero-order chi connectivity index (χ0) is 18.9. The molecule has 142 valence electrons. The zero-order valence-electron chi connectivity index (χ0n) is 14.9. The van der Waals surface area contributed by atoms with Crippen LogP contribution in [-0.2, 0) is 0 Å². The Labute approximate surface area is 170 Å². The Balaban J connectivity index is 1.39. The van der Waals surface area contributed by atoms with Crippen LogP contribution in [0, 0.1) is 0 Å². The van der Waals surface area contributed by atoms with Gasteiger partial charge in [0.05, 0.1) is 11.1 Å². The number of para-hydroxylation sites is 1. The number of nitrogens with one attached hydrogen (secondary N) is 1. The molecule has 9 heteroatoms. The fourth-order valence-corrected chi connectivity index (χ4v) is 4.53. The molecule has 1 saturated heterocycles. The molecule has 5 rings (SSSR count). The number of hydrazone groups is 1. The molecule has 1 aromatic carbocycles. The van der Waals surface area contributed by atoms with E-state index in [1.54, 1.807) is 17.6 Å². The van der Waals surface area contributed by atoms with E-state index in [0.717, 1.165) is 39.6 Å². The average Bonchev–Trinajstić information content (AvgIpc) is 3.30. The van der Waals surface area contributed by atoms with E-state index < -0.39 is 0 Å². The van der Waals surface area contributed by atoms with Crippen molar-refractivity contribution in [2.24, 2.45) is 5.10 Å². The summed E-state index contributed by atoms with van der Waals surface area (Å²) in [5, 5.41) is 6.66. The highest BCUT2D eigenvalue weighted by Gasteiger charge is 2.17. The standard InChI is InChI=1S/C19H17ClN6OS/c20-17-14(28-19(24-17)26-8-4-1-5-9-26)10-23-25-18-16-15(21-11-22-18)12-6-2-3-7-13(12)27-16/h2-3,6-7,10-11H,1,4-5,8-9H2,(H,21,22,25)/b23-10-. The maximum absolute atomic E-state index is 6.30. The number of hydrogen-bond acceptors (Lipinski definition) is 8. The monoisotopic (exact) mass is 412 g/mol. The minimum Gasteiger partial charge on any atom is -0.450 e. The van der Waals surface area contributed by atoms with E-state index in [-0.39, 0.29) is 0 Å². The van der Waals surface area contributed by atoms with Gasteiger partial charge in [0.1, 0.15) is 17.4 Å². The lowest BCUT2D eigenvalue weighted by atomic mass is 10.1.